The predicted molar refractivity (Wildman–Crippen MR) is 78.6 cm³/mol. The molecule has 1 aromatic heterocycles. The highest BCUT2D eigenvalue weighted by molar-refractivity contribution is 6.28. The van der Waals surface area contributed by atoms with Crippen molar-refractivity contribution in [2.75, 3.05) is 11.9 Å². The van der Waals surface area contributed by atoms with Gasteiger partial charge in [-0.3, -0.25) is 10.2 Å². The quantitative estimate of drug-likeness (QED) is 0.282. The molecule has 0 radical (unpaired) electrons. The summed E-state index contributed by atoms with van der Waals surface area (Å²) in [5, 5.41) is 12.5. The summed E-state index contributed by atoms with van der Waals surface area (Å²) in [6, 6.07) is 8.81. The molecule has 5 N–H and O–H groups in total. The third kappa shape index (κ3) is 3.66. The molecule has 0 aliphatic rings. The number of aliphatic hydroxyl groups excluding tert-OH is 1. The van der Waals surface area contributed by atoms with Crippen LogP contribution in [0, 0.1) is 0 Å². The zero-order valence-electron chi connectivity index (χ0n) is 11.0. The Morgan fingerprint density at radius 1 is 1.38 bits per heavy atom. The Kier molecular flexibility index (Phi) is 5.04. The molecule has 0 saturated carbocycles. The zero-order valence-corrected chi connectivity index (χ0v) is 11.7. The smallest absolute Gasteiger partial charge is 0.270 e. The molecule has 1 aromatic carbocycles. The minimum Gasteiger partial charge on any atom is -0.394 e. The molecule has 0 saturated heterocycles. The number of nitrogens with zero attached hydrogens (tertiary/aromatic N) is 2. The number of hydrazine groups is 1. The number of benzene rings is 1. The number of nitrogen functional groups attached to an aromatic ring is 1. The van der Waals surface area contributed by atoms with Crippen LogP contribution in [0.15, 0.2) is 36.5 Å². The molecule has 1 atom stereocenters. The molecule has 0 spiro atoms. The molecule has 1 heterocycles. The number of aromatic nitrogens is 2. The molecule has 0 fully saturated rings. The molecule has 7 nitrogen and oxygen atoms in total. The lowest BCUT2D eigenvalue weighted by atomic mass is 10.1. The Morgan fingerprint density at radius 3 is 2.71 bits per heavy atom. The Morgan fingerprint density at radius 2 is 2.10 bits per heavy atom. The van der Waals surface area contributed by atoms with Gasteiger partial charge in [-0.05, 0) is 17.2 Å². The van der Waals surface area contributed by atoms with Crippen molar-refractivity contribution in [2.24, 2.45) is 5.84 Å². The number of carbonyl (C=O) groups is 1. The van der Waals surface area contributed by atoms with Crippen molar-refractivity contribution in [1.82, 2.24) is 15.4 Å². The molecular formula is C13H14ClN5O2. The van der Waals surface area contributed by atoms with Gasteiger partial charge in [-0.1, -0.05) is 30.3 Å². The molecule has 0 aliphatic carbocycles. The summed E-state index contributed by atoms with van der Waals surface area (Å²) < 4.78 is 0. The summed E-state index contributed by atoms with van der Waals surface area (Å²) in [6.07, 6.45) is 1.26. The van der Waals surface area contributed by atoms with Crippen LogP contribution in [0.4, 0.5) is 5.82 Å². The van der Waals surface area contributed by atoms with E-state index in [-0.39, 0.29) is 23.3 Å². The van der Waals surface area contributed by atoms with Gasteiger partial charge in [0, 0.05) is 6.20 Å². The molecule has 8 heteroatoms. The summed E-state index contributed by atoms with van der Waals surface area (Å²) in [5.41, 5.74) is 2.98. The third-order valence-corrected chi connectivity index (χ3v) is 3.01. The van der Waals surface area contributed by atoms with Crippen molar-refractivity contribution in [2.45, 2.75) is 6.04 Å². The molecule has 0 aliphatic heterocycles. The van der Waals surface area contributed by atoms with Crippen LogP contribution in [0.3, 0.4) is 0 Å². The second kappa shape index (κ2) is 6.98. The van der Waals surface area contributed by atoms with Crippen molar-refractivity contribution >= 4 is 23.3 Å². The van der Waals surface area contributed by atoms with Gasteiger partial charge in [0.1, 0.15) is 11.4 Å². The normalized spacial score (nSPS) is 11.8. The monoisotopic (exact) mass is 307 g/mol. The Hall–Kier alpha value is -2.22. The van der Waals surface area contributed by atoms with Crippen molar-refractivity contribution in [3.8, 4) is 0 Å². The van der Waals surface area contributed by atoms with Crippen molar-refractivity contribution in [1.29, 1.82) is 0 Å². The highest BCUT2D eigenvalue weighted by atomic mass is 35.5. The van der Waals surface area contributed by atoms with E-state index < -0.39 is 11.9 Å². The maximum atomic E-state index is 11.7. The molecule has 0 unspecified atom stereocenters. The Labute approximate surface area is 126 Å². The summed E-state index contributed by atoms with van der Waals surface area (Å²) in [7, 11) is 0. The van der Waals surface area contributed by atoms with Crippen LogP contribution in [0.5, 0.6) is 0 Å². The number of anilines is 1. The van der Waals surface area contributed by atoms with Crippen LogP contribution in [0.25, 0.3) is 0 Å². The number of carbonyl (C=O) groups excluding carboxylic acids is 1. The van der Waals surface area contributed by atoms with Gasteiger partial charge >= 0.3 is 0 Å². The number of rotatable bonds is 5. The molecule has 2 aromatic rings. The van der Waals surface area contributed by atoms with Gasteiger partial charge in [-0.15, -0.1) is 0 Å². The Balaban J connectivity index is 2.33. The molecule has 110 valence electrons. The van der Waals surface area contributed by atoms with Gasteiger partial charge in [0.25, 0.3) is 5.91 Å². The van der Waals surface area contributed by atoms with Gasteiger partial charge in [0.2, 0.25) is 5.28 Å². The van der Waals surface area contributed by atoms with Crippen molar-refractivity contribution in [3.05, 3.63) is 52.9 Å². The van der Waals surface area contributed by atoms with Crippen molar-refractivity contribution in [3.63, 3.8) is 0 Å². The molecular weight excluding hydrogens is 294 g/mol. The first-order valence-electron chi connectivity index (χ1n) is 6.11. The average Bonchev–Trinajstić information content (AvgIpc) is 2.53. The average molecular weight is 308 g/mol. The van der Waals surface area contributed by atoms with E-state index in [1.165, 1.54) is 6.20 Å². The fourth-order valence-electron chi connectivity index (χ4n) is 1.80. The third-order valence-electron chi connectivity index (χ3n) is 2.83. The van der Waals surface area contributed by atoms with E-state index in [1.807, 2.05) is 35.8 Å². The first-order valence-corrected chi connectivity index (χ1v) is 6.49. The van der Waals surface area contributed by atoms with Crippen LogP contribution >= 0.6 is 11.6 Å². The maximum absolute atomic E-state index is 11.7. The van der Waals surface area contributed by atoms with Crippen LogP contribution in [-0.4, -0.2) is 27.6 Å². The summed E-state index contributed by atoms with van der Waals surface area (Å²) in [6.45, 7) is -0.185. The van der Waals surface area contributed by atoms with E-state index >= 15 is 0 Å². The van der Waals surface area contributed by atoms with Gasteiger partial charge in [-0.2, -0.15) is 4.98 Å². The number of amides is 1. The van der Waals surface area contributed by atoms with Gasteiger partial charge < -0.3 is 10.4 Å². The standard InChI is InChI=1S/C13H14ClN5O2/c14-13-16-6-9(12(21)19-15)11(18-13)17-10(7-20)8-4-2-1-3-5-8/h1-6,10,20H,7,15H2,(H,19,21)(H,16,17,18)/t10-/m1/s1. The highest BCUT2D eigenvalue weighted by Gasteiger charge is 2.17. The molecule has 0 bridgehead atoms. The lowest BCUT2D eigenvalue weighted by molar-refractivity contribution is 0.0953. The van der Waals surface area contributed by atoms with E-state index in [9.17, 15) is 9.90 Å². The van der Waals surface area contributed by atoms with Crippen LogP contribution in [-0.2, 0) is 0 Å². The number of hydrogen-bond acceptors (Lipinski definition) is 6. The first kappa shape index (κ1) is 15.2. The number of nitrogens with one attached hydrogen (secondary N) is 2. The van der Waals surface area contributed by atoms with Gasteiger partial charge in [0.15, 0.2) is 0 Å². The Bertz CT molecular complexity index is 623. The topological polar surface area (TPSA) is 113 Å². The number of nitrogens with two attached hydrogens (primary N) is 1. The second-order valence-electron chi connectivity index (χ2n) is 4.16. The van der Waals surface area contributed by atoms with Crippen molar-refractivity contribution < 1.29 is 9.90 Å². The van der Waals surface area contributed by atoms with E-state index in [1.54, 1.807) is 0 Å². The van der Waals surface area contributed by atoms with E-state index in [0.29, 0.717) is 0 Å². The van der Waals surface area contributed by atoms with Crippen LogP contribution in [0.2, 0.25) is 5.28 Å². The minimum absolute atomic E-state index is 0.0178. The SMILES string of the molecule is NNC(=O)c1cnc(Cl)nc1N[C@H](CO)c1ccccc1. The number of aliphatic hydroxyl groups is 1. The maximum Gasteiger partial charge on any atom is 0.270 e. The fraction of sp³-hybridized carbons (Fsp3) is 0.154. The van der Waals surface area contributed by atoms with E-state index in [0.717, 1.165) is 5.56 Å². The lowest BCUT2D eigenvalue weighted by Crippen LogP contribution is -2.31. The van der Waals surface area contributed by atoms with Crippen LogP contribution < -0.4 is 16.6 Å². The lowest BCUT2D eigenvalue weighted by Gasteiger charge is -2.18. The molecule has 1 amide bonds. The first-order chi connectivity index (χ1) is 10.2. The number of halogens is 1. The van der Waals surface area contributed by atoms with Gasteiger partial charge in [-0.25, -0.2) is 10.8 Å². The summed E-state index contributed by atoms with van der Waals surface area (Å²) in [5.74, 6) is 4.76. The predicted octanol–water partition coefficient (Wildman–Crippen LogP) is 0.879. The highest BCUT2D eigenvalue weighted by Crippen LogP contribution is 2.21. The fourth-order valence-corrected chi connectivity index (χ4v) is 1.93. The van der Waals surface area contributed by atoms with E-state index in [4.69, 9.17) is 17.4 Å². The van der Waals surface area contributed by atoms with Crippen LogP contribution in [0.1, 0.15) is 22.0 Å². The van der Waals surface area contributed by atoms with Gasteiger partial charge in [0.05, 0.1) is 12.6 Å². The number of hydrogen-bond donors (Lipinski definition) is 4. The van der Waals surface area contributed by atoms with E-state index in [2.05, 4.69) is 15.3 Å². The summed E-state index contributed by atoms with van der Waals surface area (Å²) in [4.78, 5) is 19.4. The summed E-state index contributed by atoms with van der Waals surface area (Å²) >= 11 is 5.75. The zero-order chi connectivity index (χ0) is 15.2. The minimum atomic E-state index is -0.557. The molecule has 2 rings (SSSR count). The second-order valence-corrected chi connectivity index (χ2v) is 4.50. The largest absolute Gasteiger partial charge is 0.394 e. The molecule has 21 heavy (non-hydrogen) atoms.